The first-order valence-electron chi connectivity index (χ1n) is 10.5. The van der Waals surface area contributed by atoms with Crippen molar-refractivity contribution in [1.82, 2.24) is 10.2 Å². The van der Waals surface area contributed by atoms with Crippen LogP contribution in [0.15, 0.2) is 36.4 Å². The zero-order chi connectivity index (χ0) is 22.0. The molecule has 31 heavy (non-hydrogen) atoms. The van der Waals surface area contributed by atoms with Gasteiger partial charge in [0.2, 0.25) is 0 Å². The van der Waals surface area contributed by atoms with Gasteiger partial charge in [-0.1, -0.05) is 23.7 Å². The molecule has 0 aromatic heterocycles. The molecule has 0 spiro atoms. The van der Waals surface area contributed by atoms with Crippen LogP contribution in [0.4, 0.5) is 10.1 Å². The first kappa shape index (κ1) is 21.9. The van der Waals surface area contributed by atoms with Crippen LogP contribution in [0.5, 0.6) is 5.75 Å². The largest absolute Gasteiger partial charge is 0.493 e. The Morgan fingerprint density at radius 2 is 1.94 bits per heavy atom. The zero-order valence-electron chi connectivity index (χ0n) is 17.4. The van der Waals surface area contributed by atoms with E-state index in [1.165, 1.54) is 12.1 Å². The molecule has 2 aromatic rings. The number of amides is 1. The fourth-order valence-electron chi connectivity index (χ4n) is 4.45. The molecular weight excluding hydrogens is 421 g/mol. The number of carbonyl (C=O) groups is 1. The molecule has 4 rings (SSSR count). The third kappa shape index (κ3) is 4.95. The number of anilines is 1. The van der Waals surface area contributed by atoms with Gasteiger partial charge in [-0.2, -0.15) is 0 Å². The molecular formula is C23H27ClFN3O3. The minimum Gasteiger partial charge on any atom is -0.493 e. The second-order valence-electron chi connectivity index (χ2n) is 8.09. The molecule has 2 aliphatic heterocycles. The molecule has 8 heteroatoms. The van der Waals surface area contributed by atoms with Gasteiger partial charge < -0.3 is 20.5 Å². The quantitative estimate of drug-likeness (QED) is 0.661. The monoisotopic (exact) mass is 447 g/mol. The summed E-state index contributed by atoms with van der Waals surface area (Å²) in [7, 11) is 0. The molecule has 166 valence electrons. The Kier molecular flexibility index (Phi) is 6.65. The Bertz CT molecular complexity index is 926. The van der Waals surface area contributed by atoms with Crippen molar-refractivity contribution in [3.63, 3.8) is 0 Å². The smallest absolute Gasteiger partial charge is 0.255 e. The van der Waals surface area contributed by atoms with Gasteiger partial charge in [-0.15, -0.1) is 0 Å². The summed E-state index contributed by atoms with van der Waals surface area (Å²) < 4.78 is 24.6. The van der Waals surface area contributed by atoms with E-state index < -0.39 is 0 Å². The van der Waals surface area contributed by atoms with Gasteiger partial charge in [0.05, 0.1) is 36.1 Å². The van der Waals surface area contributed by atoms with E-state index in [0.29, 0.717) is 41.8 Å². The van der Waals surface area contributed by atoms with Crippen LogP contribution in [0, 0.1) is 5.82 Å². The van der Waals surface area contributed by atoms with Gasteiger partial charge in [0.1, 0.15) is 11.6 Å². The second-order valence-corrected chi connectivity index (χ2v) is 8.50. The van der Waals surface area contributed by atoms with Gasteiger partial charge in [-0.25, -0.2) is 4.39 Å². The van der Waals surface area contributed by atoms with Crippen molar-refractivity contribution in [2.75, 3.05) is 25.6 Å². The predicted molar refractivity (Wildman–Crippen MR) is 118 cm³/mol. The number of benzene rings is 2. The van der Waals surface area contributed by atoms with Crippen LogP contribution in [0.25, 0.3) is 0 Å². The van der Waals surface area contributed by atoms with Crippen LogP contribution in [-0.4, -0.2) is 48.8 Å². The number of hydrogen-bond acceptors (Lipinski definition) is 5. The molecule has 1 amide bonds. The SMILES string of the molecule is CCOc1cc(N)c(Cl)cc1C(=O)NC1C[C@H]2COC[C@@H](C1)N2Cc1ccc(F)cc1. The number of nitrogens with two attached hydrogens (primary N) is 1. The van der Waals surface area contributed by atoms with Crippen molar-refractivity contribution in [2.24, 2.45) is 0 Å². The summed E-state index contributed by atoms with van der Waals surface area (Å²) in [4.78, 5) is 15.4. The highest BCUT2D eigenvalue weighted by molar-refractivity contribution is 6.33. The minimum atomic E-state index is -0.233. The molecule has 1 unspecified atom stereocenters. The average Bonchev–Trinajstić information content (AvgIpc) is 2.73. The van der Waals surface area contributed by atoms with Crippen LogP contribution in [0.3, 0.4) is 0 Å². The highest BCUT2D eigenvalue weighted by Gasteiger charge is 2.39. The fraction of sp³-hybridized carbons (Fsp3) is 0.435. The number of hydrogen-bond donors (Lipinski definition) is 2. The maximum atomic E-state index is 13.2. The standard InChI is InChI=1S/C23H27ClFN3O3/c1-2-31-22-10-21(26)20(24)9-19(22)23(29)27-16-7-17-12-30-13-18(8-16)28(17)11-14-3-5-15(25)6-4-14/h3-6,9-10,16-18H,2,7-8,11-13,26H2,1H3,(H,27,29)/t16?,17-,18+. The molecule has 2 fully saturated rings. The second kappa shape index (κ2) is 9.42. The van der Waals surface area contributed by atoms with Gasteiger partial charge >= 0.3 is 0 Å². The number of rotatable bonds is 6. The zero-order valence-corrected chi connectivity index (χ0v) is 18.2. The van der Waals surface area contributed by atoms with Crippen molar-refractivity contribution >= 4 is 23.2 Å². The van der Waals surface area contributed by atoms with Gasteiger partial charge in [0.15, 0.2) is 0 Å². The van der Waals surface area contributed by atoms with Crippen molar-refractivity contribution in [3.05, 3.63) is 58.4 Å². The molecule has 0 radical (unpaired) electrons. The van der Waals surface area contributed by atoms with Crippen molar-refractivity contribution in [2.45, 2.75) is 44.4 Å². The van der Waals surface area contributed by atoms with E-state index in [-0.39, 0.29) is 29.8 Å². The number of nitrogen functional groups attached to an aromatic ring is 1. The lowest BCUT2D eigenvalue weighted by atomic mass is 9.89. The van der Waals surface area contributed by atoms with Crippen molar-refractivity contribution in [1.29, 1.82) is 0 Å². The fourth-order valence-corrected chi connectivity index (χ4v) is 4.61. The Hall–Kier alpha value is -2.35. The van der Waals surface area contributed by atoms with Gasteiger partial charge in [-0.3, -0.25) is 9.69 Å². The molecule has 3 N–H and O–H groups in total. The van der Waals surface area contributed by atoms with Crippen LogP contribution in [-0.2, 0) is 11.3 Å². The summed E-state index contributed by atoms with van der Waals surface area (Å²) in [5.41, 5.74) is 7.70. The Labute approximate surface area is 186 Å². The van der Waals surface area contributed by atoms with Crippen LogP contribution >= 0.6 is 11.6 Å². The molecule has 0 saturated carbocycles. The molecule has 2 aromatic carbocycles. The lowest BCUT2D eigenvalue weighted by molar-refractivity contribution is -0.0843. The maximum Gasteiger partial charge on any atom is 0.255 e. The molecule has 2 bridgehead atoms. The van der Waals surface area contributed by atoms with E-state index in [2.05, 4.69) is 10.2 Å². The highest BCUT2D eigenvalue weighted by atomic mass is 35.5. The van der Waals surface area contributed by atoms with Crippen molar-refractivity contribution < 1.29 is 18.7 Å². The number of nitrogens with one attached hydrogen (secondary N) is 1. The number of carbonyl (C=O) groups excluding carboxylic acids is 1. The van der Waals surface area contributed by atoms with Gasteiger partial charge in [0, 0.05) is 30.7 Å². The van der Waals surface area contributed by atoms with E-state index in [4.69, 9.17) is 26.8 Å². The Morgan fingerprint density at radius 3 is 2.58 bits per heavy atom. The number of fused-ring (bicyclic) bond motifs is 2. The van der Waals surface area contributed by atoms with Crippen LogP contribution in [0.1, 0.15) is 35.7 Å². The Balaban J connectivity index is 1.45. The Morgan fingerprint density at radius 1 is 1.26 bits per heavy atom. The lowest BCUT2D eigenvalue weighted by Crippen LogP contribution is -2.60. The maximum absolute atomic E-state index is 13.2. The van der Waals surface area contributed by atoms with Crippen molar-refractivity contribution in [3.8, 4) is 5.75 Å². The molecule has 6 nitrogen and oxygen atoms in total. The summed E-state index contributed by atoms with van der Waals surface area (Å²) in [5.74, 6) is -0.0246. The number of piperidine rings is 1. The summed E-state index contributed by atoms with van der Waals surface area (Å²) in [6, 6.07) is 10.2. The third-order valence-electron chi connectivity index (χ3n) is 5.93. The lowest BCUT2D eigenvalue weighted by Gasteiger charge is -2.48. The molecule has 2 aliphatic rings. The van der Waals surface area contributed by atoms with E-state index in [1.807, 2.05) is 19.1 Å². The number of morpholine rings is 1. The van der Waals surface area contributed by atoms with E-state index >= 15 is 0 Å². The topological polar surface area (TPSA) is 76.8 Å². The molecule has 0 aliphatic carbocycles. The first-order valence-corrected chi connectivity index (χ1v) is 10.9. The summed E-state index contributed by atoms with van der Waals surface area (Å²) >= 11 is 6.15. The van der Waals surface area contributed by atoms with Crippen LogP contribution in [0.2, 0.25) is 5.02 Å². The van der Waals surface area contributed by atoms with E-state index in [9.17, 15) is 9.18 Å². The third-order valence-corrected chi connectivity index (χ3v) is 6.26. The van der Waals surface area contributed by atoms with Gasteiger partial charge in [-0.05, 0) is 43.5 Å². The van der Waals surface area contributed by atoms with Crippen LogP contribution < -0.4 is 15.8 Å². The molecule has 2 heterocycles. The van der Waals surface area contributed by atoms with E-state index in [0.717, 1.165) is 24.9 Å². The number of nitrogens with zero attached hydrogens (tertiary/aromatic N) is 1. The normalized spacial score (nSPS) is 23.4. The number of ether oxygens (including phenoxy) is 2. The first-order chi connectivity index (χ1) is 14.9. The highest BCUT2D eigenvalue weighted by Crippen LogP contribution is 2.32. The number of halogens is 2. The van der Waals surface area contributed by atoms with E-state index in [1.54, 1.807) is 12.1 Å². The van der Waals surface area contributed by atoms with Gasteiger partial charge in [0.25, 0.3) is 5.91 Å². The minimum absolute atomic E-state index is 0.0154. The summed E-state index contributed by atoms with van der Waals surface area (Å²) in [6.07, 6.45) is 1.55. The summed E-state index contributed by atoms with van der Waals surface area (Å²) in [5, 5.41) is 3.48. The predicted octanol–water partition coefficient (Wildman–Crippen LogP) is 3.62. The summed E-state index contributed by atoms with van der Waals surface area (Å²) in [6.45, 7) is 4.24. The molecule has 3 atom stereocenters. The average molecular weight is 448 g/mol. The molecule has 2 saturated heterocycles.